The highest BCUT2D eigenvalue weighted by Gasteiger charge is 2.31. The van der Waals surface area contributed by atoms with Crippen molar-refractivity contribution in [2.45, 2.75) is 38.8 Å². The van der Waals surface area contributed by atoms with Gasteiger partial charge in [0, 0.05) is 18.0 Å². The van der Waals surface area contributed by atoms with Crippen LogP contribution >= 0.6 is 11.3 Å². The van der Waals surface area contributed by atoms with Crippen LogP contribution in [-0.2, 0) is 11.2 Å². The highest BCUT2D eigenvalue weighted by molar-refractivity contribution is 7.10. The van der Waals surface area contributed by atoms with Gasteiger partial charge in [0.1, 0.15) is 0 Å². The normalized spacial score (nSPS) is 16.4. The lowest BCUT2D eigenvalue weighted by molar-refractivity contribution is -0.129. The average molecular weight is 372 g/mol. The molecule has 0 radical (unpaired) electrons. The van der Waals surface area contributed by atoms with Gasteiger partial charge in [0.15, 0.2) is 0 Å². The fraction of sp³-hybridized carbons (Fsp3) is 0.400. The maximum atomic E-state index is 12.6. The third-order valence-corrected chi connectivity index (χ3v) is 5.53. The maximum absolute atomic E-state index is 12.6. The molecule has 0 unspecified atom stereocenters. The molecule has 1 aliphatic rings. The van der Waals surface area contributed by atoms with Gasteiger partial charge in [-0.2, -0.15) is 0 Å². The molecule has 6 heteroatoms. The fourth-order valence-electron chi connectivity index (χ4n) is 3.20. The minimum atomic E-state index is -0.457. The number of urea groups is 1. The standard InChI is InChI=1S/C20H25N3O2S/c1-3-5-15-7-9-16(10-8-15)18(17-6-4-13-26-17)22-14(2)19(24)23-12-11-21-20(23)25/h4,6-10,13-14,18,22H,3,5,11-12H2,1-2H3,(H,21,25)/t14-,18-/m1/s1. The van der Waals surface area contributed by atoms with Gasteiger partial charge in [0.25, 0.3) is 0 Å². The van der Waals surface area contributed by atoms with Gasteiger partial charge in [-0.25, -0.2) is 4.79 Å². The van der Waals surface area contributed by atoms with Gasteiger partial charge in [0.05, 0.1) is 12.1 Å². The summed E-state index contributed by atoms with van der Waals surface area (Å²) >= 11 is 1.66. The number of carbonyl (C=O) groups is 2. The minimum Gasteiger partial charge on any atom is -0.336 e. The largest absolute Gasteiger partial charge is 0.336 e. The van der Waals surface area contributed by atoms with Gasteiger partial charge in [-0.15, -0.1) is 11.3 Å². The van der Waals surface area contributed by atoms with Crippen LogP contribution < -0.4 is 10.6 Å². The van der Waals surface area contributed by atoms with Crippen LogP contribution in [0.25, 0.3) is 0 Å². The van der Waals surface area contributed by atoms with Gasteiger partial charge in [-0.05, 0) is 35.9 Å². The Morgan fingerprint density at radius 1 is 1.31 bits per heavy atom. The van der Waals surface area contributed by atoms with Crippen LogP contribution in [0.15, 0.2) is 41.8 Å². The van der Waals surface area contributed by atoms with E-state index in [0.717, 1.165) is 23.3 Å². The SMILES string of the molecule is CCCc1ccc([C@@H](N[C@H](C)C(=O)N2CCNC2=O)c2cccs2)cc1. The van der Waals surface area contributed by atoms with Crippen molar-refractivity contribution >= 4 is 23.3 Å². The summed E-state index contributed by atoms with van der Waals surface area (Å²) in [7, 11) is 0. The Labute approximate surface area is 158 Å². The van der Waals surface area contributed by atoms with Crippen LogP contribution in [0.3, 0.4) is 0 Å². The Kier molecular flexibility index (Phi) is 6.06. The number of aryl methyl sites for hydroxylation is 1. The number of carbonyl (C=O) groups excluding carboxylic acids is 2. The van der Waals surface area contributed by atoms with E-state index in [1.54, 1.807) is 11.3 Å². The number of nitrogens with one attached hydrogen (secondary N) is 2. The van der Waals surface area contributed by atoms with Crippen LogP contribution in [-0.4, -0.2) is 36.0 Å². The zero-order valence-electron chi connectivity index (χ0n) is 15.2. The van der Waals surface area contributed by atoms with Crippen LogP contribution in [0.4, 0.5) is 4.79 Å². The van der Waals surface area contributed by atoms with E-state index in [2.05, 4.69) is 47.9 Å². The first-order valence-corrected chi connectivity index (χ1v) is 9.95. The van der Waals surface area contributed by atoms with Gasteiger partial charge in [-0.3, -0.25) is 15.0 Å². The summed E-state index contributed by atoms with van der Waals surface area (Å²) in [6.07, 6.45) is 2.19. The fourth-order valence-corrected chi connectivity index (χ4v) is 4.01. The van der Waals surface area contributed by atoms with Gasteiger partial charge in [-0.1, -0.05) is 43.7 Å². The molecule has 1 aromatic heterocycles. The Morgan fingerprint density at radius 2 is 2.08 bits per heavy atom. The van der Waals surface area contributed by atoms with Crippen molar-refractivity contribution in [1.82, 2.24) is 15.5 Å². The van der Waals surface area contributed by atoms with E-state index in [1.807, 2.05) is 18.4 Å². The number of amides is 3. The Balaban J connectivity index is 1.78. The average Bonchev–Trinajstić information content (AvgIpc) is 3.31. The number of thiophene rings is 1. The molecule has 0 aliphatic carbocycles. The zero-order valence-corrected chi connectivity index (χ0v) is 16.0. The molecule has 5 nitrogen and oxygen atoms in total. The summed E-state index contributed by atoms with van der Waals surface area (Å²) < 4.78 is 0. The quantitative estimate of drug-likeness (QED) is 0.785. The molecule has 0 spiro atoms. The van der Waals surface area contributed by atoms with Crippen molar-refractivity contribution in [3.05, 3.63) is 57.8 Å². The zero-order chi connectivity index (χ0) is 18.5. The minimum absolute atomic E-state index is 0.0738. The van der Waals surface area contributed by atoms with E-state index in [0.29, 0.717) is 13.1 Å². The van der Waals surface area contributed by atoms with E-state index in [-0.39, 0.29) is 18.0 Å². The first-order valence-electron chi connectivity index (χ1n) is 9.07. The second-order valence-electron chi connectivity index (χ2n) is 6.55. The molecule has 1 saturated heterocycles. The van der Waals surface area contributed by atoms with Gasteiger partial charge < -0.3 is 5.32 Å². The third-order valence-electron chi connectivity index (χ3n) is 4.59. The molecule has 2 heterocycles. The Morgan fingerprint density at radius 3 is 2.65 bits per heavy atom. The molecule has 2 atom stereocenters. The summed E-state index contributed by atoms with van der Waals surface area (Å²) in [5, 5.41) is 8.14. The predicted molar refractivity (Wildman–Crippen MR) is 104 cm³/mol. The first-order chi connectivity index (χ1) is 12.6. The van der Waals surface area contributed by atoms with Crippen LogP contribution in [0.5, 0.6) is 0 Å². The summed E-state index contributed by atoms with van der Waals surface area (Å²) in [5.74, 6) is -0.191. The molecule has 1 aliphatic heterocycles. The van der Waals surface area contributed by atoms with Crippen molar-refractivity contribution < 1.29 is 9.59 Å². The first kappa shape index (κ1) is 18.6. The molecule has 1 aromatic carbocycles. The summed E-state index contributed by atoms with van der Waals surface area (Å²) in [5.41, 5.74) is 2.44. The second kappa shape index (κ2) is 8.47. The van der Waals surface area contributed by atoms with Gasteiger partial charge >= 0.3 is 6.03 Å². The van der Waals surface area contributed by atoms with Crippen molar-refractivity contribution in [3.63, 3.8) is 0 Å². The van der Waals surface area contributed by atoms with Crippen molar-refractivity contribution in [2.75, 3.05) is 13.1 Å². The van der Waals surface area contributed by atoms with Crippen molar-refractivity contribution in [1.29, 1.82) is 0 Å². The molecular formula is C20H25N3O2S. The van der Waals surface area contributed by atoms with Crippen molar-refractivity contribution in [3.8, 4) is 0 Å². The van der Waals surface area contributed by atoms with Gasteiger partial charge in [0.2, 0.25) is 5.91 Å². The number of benzene rings is 1. The molecule has 26 heavy (non-hydrogen) atoms. The topological polar surface area (TPSA) is 61.4 Å². The monoisotopic (exact) mass is 371 g/mol. The van der Waals surface area contributed by atoms with Crippen LogP contribution in [0.2, 0.25) is 0 Å². The highest BCUT2D eigenvalue weighted by atomic mass is 32.1. The second-order valence-corrected chi connectivity index (χ2v) is 7.53. The molecule has 0 saturated carbocycles. The number of imide groups is 1. The Bertz CT molecular complexity index is 743. The van der Waals surface area contributed by atoms with Crippen molar-refractivity contribution in [2.24, 2.45) is 0 Å². The molecule has 1 fully saturated rings. The number of rotatable bonds is 7. The summed E-state index contributed by atoms with van der Waals surface area (Å²) in [4.78, 5) is 26.8. The lowest BCUT2D eigenvalue weighted by Gasteiger charge is -2.25. The van der Waals surface area contributed by atoms with E-state index >= 15 is 0 Å². The molecule has 3 amide bonds. The number of hydrogen-bond donors (Lipinski definition) is 2. The van der Waals surface area contributed by atoms with E-state index in [4.69, 9.17) is 0 Å². The third kappa shape index (κ3) is 4.14. The molecule has 3 rings (SSSR count). The van der Waals surface area contributed by atoms with Crippen LogP contribution in [0, 0.1) is 0 Å². The number of nitrogens with zero attached hydrogens (tertiary/aromatic N) is 1. The molecule has 138 valence electrons. The summed E-state index contributed by atoms with van der Waals surface area (Å²) in [6.45, 7) is 4.94. The maximum Gasteiger partial charge on any atom is 0.324 e. The molecule has 0 bridgehead atoms. The molecule has 2 aromatic rings. The summed E-state index contributed by atoms with van der Waals surface area (Å²) in [6, 6.07) is 11.8. The smallest absolute Gasteiger partial charge is 0.324 e. The molecule has 2 N–H and O–H groups in total. The predicted octanol–water partition coefficient (Wildman–Crippen LogP) is 3.32. The Hall–Kier alpha value is -2.18. The lowest BCUT2D eigenvalue weighted by atomic mass is 10.0. The number of hydrogen-bond acceptors (Lipinski definition) is 4. The molecular weight excluding hydrogens is 346 g/mol. The van der Waals surface area contributed by atoms with E-state index < -0.39 is 6.04 Å². The van der Waals surface area contributed by atoms with Crippen LogP contribution in [0.1, 0.15) is 42.3 Å². The lowest BCUT2D eigenvalue weighted by Crippen LogP contribution is -2.47. The van der Waals surface area contributed by atoms with E-state index in [1.165, 1.54) is 10.5 Å². The highest BCUT2D eigenvalue weighted by Crippen LogP contribution is 2.27. The van der Waals surface area contributed by atoms with E-state index in [9.17, 15) is 9.59 Å².